The fourth-order valence-corrected chi connectivity index (χ4v) is 2.73. The summed E-state index contributed by atoms with van der Waals surface area (Å²) in [6.07, 6.45) is 0. The highest BCUT2D eigenvalue weighted by atomic mass is 79.9. The Kier molecular flexibility index (Phi) is 4.89. The van der Waals surface area contributed by atoms with Crippen molar-refractivity contribution in [3.63, 3.8) is 0 Å². The summed E-state index contributed by atoms with van der Waals surface area (Å²) in [4.78, 5) is 2.24. The minimum atomic E-state index is 0.239. The molecule has 0 aromatic heterocycles. The number of halogens is 2. The molecule has 0 radical (unpaired) electrons. The first-order valence-electron chi connectivity index (χ1n) is 6.25. The normalized spacial score (nSPS) is 12.2. The van der Waals surface area contributed by atoms with E-state index in [2.05, 4.69) is 65.1 Å². The summed E-state index contributed by atoms with van der Waals surface area (Å²) in [5, 5.41) is 1.70. The molecule has 0 aliphatic carbocycles. The summed E-state index contributed by atoms with van der Waals surface area (Å²) < 4.78 is 0. The minimum Gasteiger partial charge on any atom is -0.368 e. The molecule has 0 N–H and O–H groups in total. The third-order valence-electron chi connectivity index (χ3n) is 3.43. The van der Waals surface area contributed by atoms with Crippen LogP contribution >= 0.6 is 27.5 Å². The van der Waals surface area contributed by atoms with Crippen LogP contribution < -0.4 is 4.90 Å². The van der Waals surface area contributed by atoms with Crippen LogP contribution in [-0.4, -0.2) is 7.05 Å². The second kappa shape index (κ2) is 6.44. The number of benzene rings is 2. The molecule has 0 saturated heterocycles. The summed E-state index contributed by atoms with van der Waals surface area (Å²) in [5.74, 6) is 0. The molecule has 0 fully saturated rings. The van der Waals surface area contributed by atoms with Crippen LogP contribution in [-0.2, 0) is 5.33 Å². The van der Waals surface area contributed by atoms with Crippen LogP contribution in [0, 0.1) is 0 Å². The molecule has 0 aliphatic rings. The fourth-order valence-electron chi connectivity index (χ4n) is 2.07. The highest BCUT2D eigenvalue weighted by Crippen LogP contribution is 2.30. The van der Waals surface area contributed by atoms with Gasteiger partial charge in [0.2, 0.25) is 0 Å². The summed E-state index contributed by atoms with van der Waals surface area (Å²) in [5.41, 5.74) is 3.62. The molecule has 0 aliphatic heterocycles. The van der Waals surface area contributed by atoms with Gasteiger partial charge in [0, 0.05) is 23.1 Å². The van der Waals surface area contributed by atoms with Crippen LogP contribution in [0.3, 0.4) is 0 Å². The molecule has 0 bridgehead atoms. The predicted octanol–water partition coefficient (Wildman–Crippen LogP) is 5.43. The van der Waals surface area contributed by atoms with Crippen LogP contribution in [0.15, 0.2) is 48.5 Å². The van der Waals surface area contributed by atoms with Crippen molar-refractivity contribution in [1.82, 2.24) is 0 Å². The lowest BCUT2D eigenvalue weighted by atomic mass is 10.1. The van der Waals surface area contributed by atoms with Gasteiger partial charge < -0.3 is 4.90 Å². The van der Waals surface area contributed by atoms with E-state index in [1.54, 1.807) is 0 Å². The number of alkyl halides is 1. The van der Waals surface area contributed by atoms with E-state index in [4.69, 9.17) is 11.6 Å². The van der Waals surface area contributed by atoms with Gasteiger partial charge in [0.25, 0.3) is 0 Å². The molecule has 0 heterocycles. The molecule has 0 amide bonds. The smallest absolute Gasteiger partial charge is 0.0525 e. The minimum absolute atomic E-state index is 0.239. The molecule has 0 spiro atoms. The van der Waals surface area contributed by atoms with Crippen LogP contribution in [0.4, 0.5) is 5.69 Å². The Labute approximate surface area is 128 Å². The molecule has 19 heavy (non-hydrogen) atoms. The van der Waals surface area contributed by atoms with Crippen molar-refractivity contribution in [2.45, 2.75) is 18.3 Å². The summed E-state index contributed by atoms with van der Waals surface area (Å²) in [6, 6.07) is 16.8. The maximum atomic E-state index is 6.27. The lowest BCUT2D eigenvalue weighted by Crippen LogP contribution is -2.21. The zero-order valence-corrected chi connectivity index (χ0v) is 13.4. The number of nitrogens with zero attached hydrogens (tertiary/aromatic N) is 1. The van der Waals surface area contributed by atoms with Crippen LogP contribution in [0.25, 0.3) is 0 Å². The molecule has 0 saturated carbocycles. The van der Waals surface area contributed by atoms with E-state index in [0.717, 1.165) is 15.9 Å². The lowest BCUT2D eigenvalue weighted by molar-refractivity contribution is 0.740. The van der Waals surface area contributed by atoms with E-state index in [0.29, 0.717) is 0 Å². The molecule has 1 nitrogen and oxygen atoms in total. The summed E-state index contributed by atoms with van der Waals surface area (Å²) in [6.45, 7) is 2.17. The zero-order valence-electron chi connectivity index (χ0n) is 11.1. The molecule has 2 aromatic carbocycles. The quantitative estimate of drug-likeness (QED) is 0.672. The fraction of sp³-hybridized carbons (Fsp3) is 0.250. The standard InChI is InChI=1S/C16H17BrClN/c1-12(15-5-3-4-6-16(15)18)19(2)14-9-7-13(11-17)8-10-14/h3-10,12H,11H2,1-2H3. The number of rotatable bonds is 4. The largest absolute Gasteiger partial charge is 0.368 e. The van der Waals surface area contributed by atoms with Gasteiger partial charge in [0.1, 0.15) is 0 Å². The summed E-state index contributed by atoms with van der Waals surface area (Å²) >= 11 is 9.73. The monoisotopic (exact) mass is 337 g/mol. The Hall–Kier alpha value is -0.990. The first-order chi connectivity index (χ1) is 9.13. The Balaban J connectivity index is 2.23. The highest BCUT2D eigenvalue weighted by Gasteiger charge is 2.14. The second-order valence-corrected chi connectivity index (χ2v) is 5.58. The average molecular weight is 339 g/mol. The molecular formula is C16H17BrClN. The van der Waals surface area contributed by atoms with E-state index in [9.17, 15) is 0 Å². The van der Waals surface area contributed by atoms with Gasteiger partial charge >= 0.3 is 0 Å². The van der Waals surface area contributed by atoms with Gasteiger partial charge in [-0.2, -0.15) is 0 Å². The molecule has 1 atom stereocenters. The Morgan fingerprint density at radius 2 is 1.74 bits per heavy atom. The zero-order chi connectivity index (χ0) is 13.8. The van der Waals surface area contributed by atoms with Gasteiger partial charge in [-0.15, -0.1) is 0 Å². The van der Waals surface area contributed by atoms with E-state index < -0.39 is 0 Å². The van der Waals surface area contributed by atoms with E-state index in [-0.39, 0.29) is 6.04 Å². The Morgan fingerprint density at radius 1 is 1.11 bits per heavy atom. The maximum absolute atomic E-state index is 6.27. The third kappa shape index (κ3) is 3.31. The molecule has 3 heteroatoms. The second-order valence-electron chi connectivity index (χ2n) is 4.61. The van der Waals surface area contributed by atoms with Crippen molar-refractivity contribution in [2.24, 2.45) is 0 Å². The number of anilines is 1. The average Bonchev–Trinajstić information content (AvgIpc) is 2.46. The molecule has 1 unspecified atom stereocenters. The van der Waals surface area contributed by atoms with Crippen molar-refractivity contribution >= 4 is 33.2 Å². The molecule has 2 rings (SSSR count). The van der Waals surface area contributed by atoms with Gasteiger partial charge in [0.15, 0.2) is 0 Å². The first-order valence-corrected chi connectivity index (χ1v) is 7.75. The third-order valence-corrected chi connectivity index (χ3v) is 4.43. The van der Waals surface area contributed by atoms with E-state index in [1.165, 1.54) is 11.3 Å². The van der Waals surface area contributed by atoms with Crippen LogP contribution in [0.5, 0.6) is 0 Å². The van der Waals surface area contributed by atoms with E-state index in [1.807, 2.05) is 18.2 Å². The van der Waals surface area contributed by atoms with Crippen LogP contribution in [0.1, 0.15) is 24.1 Å². The molecule has 100 valence electrons. The van der Waals surface area contributed by atoms with Crippen molar-refractivity contribution in [3.8, 4) is 0 Å². The van der Waals surface area contributed by atoms with Crippen molar-refractivity contribution in [1.29, 1.82) is 0 Å². The summed E-state index contributed by atoms with van der Waals surface area (Å²) in [7, 11) is 2.09. The van der Waals surface area contributed by atoms with Crippen molar-refractivity contribution in [3.05, 3.63) is 64.7 Å². The molecule has 2 aromatic rings. The van der Waals surface area contributed by atoms with Crippen LogP contribution in [0.2, 0.25) is 5.02 Å². The predicted molar refractivity (Wildman–Crippen MR) is 87.3 cm³/mol. The SMILES string of the molecule is CC(c1ccccc1Cl)N(C)c1ccc(CBr)cc1. The number of hydrogen-bond acceptors (Lipinski definition) is 1. The van der Waals surface area contributed by atoms with Crippen molar-refractivity contribution in [2.75, 3.05) is 11.9 Å². The van der Waals surface area contributed by atoms with Gasteiger partial charge in [-0.25, -0.2) is 0 Å². The van der Waals surface area contributed by atoms with Gasteiger partial charge in [-0.1, -0.05) is 57.9 Å². The Morgan fingerprint density at radius 3 is 2.32 bits per heavy atom. The van der Waals surface area contributed by atoms with Crippen molar-refractivity contribution < 1.29 is 0 Å². The van der Waals surface area contributed by atoms with E-state index >= 15 is 0 Å². The molecular weight excluding hydrogens is 322 g/mol. The van der Waals surface area contributed by atoms with Gasteiger partial charge in [-0.05, 0) is 36.2 Å². The van der Waals surface area contributed by atoms with Gasteiger partial charge in [-0.3, -0.25) is 0 Å². The van der Waals surface area contributed by atoms with Gasteiger partial charge in [0.05, 0.1) is 6.04 Å². The first kappa shape index (κ1) is 14.4. The highest BCUT2D eigenvalue weighted by molar-refractivity contribution is 9.08. The Bertz CT molecular complexity index is 539. The maximum Gasteiger partial charge on any atom is 0.0525 e. The topological polar surface area (TPSA) is 3.24 Å². The number of hydrogen-bond donors (Lipinski definition) is 0. The lowest BCUT2D eigenvalue weighted by Gasteiger charge is -2.28.